The molecule has 1 unspecified atom stereocenters. The Morgan fingerprint density at radius 2 is 2.06 bits per heavy atom. The van der Waals surface area contributed by atoms with E-state index in [0.29, 0.717) is 0 Å². The summed E-state index contributed by atoms with van der Waals surface area (Å²) in [5.41, 5.74) is 5.76. The molecule has 5 nitrogen and oxygen atoms in total. The van der Waals surface area contributed by atoms with Gasteiger partial charge in [-0.3, -0.25) is 0 Å². The van der Waals surface area contributed by atoms with Crippen LogP contribution in [0.25, 0.3) is 0 Å². The molecule has 92 valence electrons. The van der Waals surface area contributed by atoms with Gasteiger partial charge in [0.15, 0.2) is 5.82 Å². The highest BCUT2D eigenvalue weighted by Gasteiger charge is 2.09. The van der Waals surface area contributed by atoms with Gasteiger partial charge in [0.05, 0.1) is 6.04 Å². The SMILES string of the molecule is CSCCCCCCn1nnnc1C(C)N. The molecular weight excluding hydrogens is 222 g/mol. The van der Waals surface area contributed by atoms with E-state index in [1.807, 2.05) is 23.4 Å². The summed E-state index contributed by atoms with van der Waals surface area (Å²) in [7, 11) is 0. The van der Waals surface area contributed by atoms with Gasteiger partial charge in [0, 0.05) is 6.54 Å². The van der Waals surface area contributed by atoms with Crippen molar-refractivity contribution in [1.82, 2.24) is 20.2 Å². The predicted octanol–water partition coefficient (Wildman–Crippen LogP) is 1.62. The normalized spacial score (nSPS) is 12.9. The summed E-state index contributed by atoms with van der Waals surface area (Å²) in [5, 5.41) is 11.5. The first-order chi connectivity index (χ1) is 7.75. The smallest absolute Gasteiger partial charge is 0.167 e. The van der Waals surface area contributed by atoms with E-state index >= 15 is 0 Å². The topological polar surface area (TPSA) is 69.6 Å². The molecule has 0 saturated carbocycles. The molecule has 0 radical (unpaired) electrons. The molecule has 1 rings (SSSR count). The van der Waals surface area contributed by atoms with E-state index in [0.717, 1.165) is 18.8 Å². The Hall–Kier alpha value is -0.620. The molecule has 1 heterocycles. The Labute approximate surface area is 101 Å². The fourth-order valence-electron chi connectivity index (χ4n) is 1.56. The van der Waals surface area contributed by atoms with Crippen LogP contribution in [0, 0.1) is 0 Å². The van der Waals surface area contributed by atoms with Crippen LogP contribution in [0.5, 0.6) is 0 Å². The second-order valence-electron chi connectivity index (χ2n) is 3.96. The van der Waals surface area contributed by atoms with Crippen molar-refractivity contribution in [3.8, 4) is 0 Å². The number of hydrogen-bond donors (Lipinski definition) is 1. The van der Waals surface area contributed by atoms with Gasteiger partial charge in [0.25, 0.3) is 0 Å². The zero-order valence-corrected chi connectivity index (χ0v) is 10.9. The van der Waals surface area contributed by atoms with Gasteiger partial charge < -0.3 is 5.73 Å². The Morgan fingerprint density at radius 1 is 1.31 bits per heavy atom. The van der Waals surface area contributed by atoms with E-state index in [4.69, 9.17) is 5.73 Å². The van der Waals surface area contributed by atoms with Gasteiger partial charge in [0.1, 0.15) is 0 Å². The number of tetrazole rings is 1. The monoisotopic (exact) mass is 243 g/mol. The fraction of sp³-hybridized carbons (Fsp3) is 0.900. The summed E-state index contributed by atoms with van der Waals surface area (Å²) >= 11 is 1.91. The van der Waals surface area contributed by atoms with Crippen molar-refractivity contribution in [1.29, 1.82) is 0 Å². The van der Waals surface area contributed by atoms with Crippen molar-refractivity contribution in [2.45, 2.75) is 45.2 Å². The first-order valence-corrected chi connectivity index (χ1v) is 7.15. The molecule has 0 aliphatic carbocycles. The number of unbranched alkanes of at least 4 members (excludes halogenated alkanes) is 3. The van der Waals surface area contributed by atoms with Crippen LogP contribution in [0.1, 0.15) is 44.5 Å². The average Bonchev–Trinajstić information content (AvgIpc) is 2.71. The standard InChI is InChI=1S/C10H21N5S/c1-9(11)10-12-13-14-15(10)7-5-3-4-6-8-16-2/h9H,3-8,11H2,1-2H3. The highest BCUT2D eigenvalue weighted by atomic mass is 32.2. The van der Waals surface area contributed by atoms with E-state index in [1.165, 1.54) is 25.0 Å². The predicted molar refractivity (Wildman–Crippen MR) is 67.3 cm³/mol. The molecule has 0 aliphatic rings. The third-order valence-corrected chi connectivity index (χ3v) is 3.13. The van der Waals surface area contributed by atoms with Crippen LogP contribution in [-0.4, -0.2) is 32.2 Å². The van der Waals surface area contributed by atoms with Crippen molar-refractivity contribution in [2.75, 3.05) is 12.0 Å². The number of hydrogen-bond acceptors (Lipinski definition) is 5. The quantitative estimate of drug-likeness (QED) is 0.703. The Balaban J connectivity index is 2.19. The minimum absolute atomic E-state index is 0.0912. The molecule has 16 heavy (non-hydrogen) atoms. The van der Waals surface area contributed by atoms with Gasteiger partial charge >= 0.3 is 0 Å². The molecule has 0 aromatic carbocycles. The molecule has 0 amide bonds. The van der Waals surface area contributed by atoms with Gasteiger partial charge in [-0.2, -0.15) is 11.8 Å². The van der Waals surface area contributed by atoms with Gasteiger partial charge in [-0.1, -0.05) is 12.8 Å². The lowest BCUT2D eigenvalue weighted by atomic mass is 10.2. The van der Waals surface area contributed by atoms with E-state index in [-0.39, 0.29) is 6.04 Å². The van der Waals surface area contributed by atoms with Gasteiger partial charge in [-0.05, 0) is 42.2 Å². The van der Waals surface area contributed by atoms with Gasteiger partial charge in [-0.25, -0.2) is 4.68 Å². The lowest BCUT2D eigenvalue weighted by molar-refractivity contribution is 0.500. The van der Waals surface area contributed by atoms with Crippen molar-refractivity contribution in [3.63, 3.8) is 0 Å². The maximum absolute atomic E-state index is 5.76. The summed E-state index contributed by atoms with van der Waals surface area (Å²) < 4.78 is 1.82. The molecule has 0 bridgehead atoms. The largest absolute Gasteiger partial charge is 0.322 e. The van der Waals surface area contributed by atoms with E-state index in [1.54, 1.807) is 0 Å². The third-order valence-electron chi connectivity index (χ3n) is 2.44. The average molecular weight is 243 g/mol. The van der Waals surface area contributed by atoms with E-state index in [2.05, 4.69) is 21.8 Å². The molecule has 0 aliphatic heterocycles. The van der Waals surface area contributed by atoms with Gasteiger partial charge in [-0.15, -0.1) is 5.10 Å². The summed E-state index contributed by atoms with van der Waals surface area (Å²) in [6.07, 6.45) is 7.10. The number of nitrogens with zero attached hydrogens (tertiary/aromatic N) is 4. The zero-order chi connectivity index (χ0) is 11.8. The van der Waals surface area contributed by atoms with Crippen LogP contribution in [0.3, 0.4) is 0 Å². The Morgan fingerprint density at radius 3 is 2.75 bits per heavy atom. The molecule has 1 aromatic heterocycles. The summed E-state index contributed by atoms with van der Waals surface area (Å²) in [6.45, 7) is 2.78. The van der Waals surface area contributed by atoms with Crippen LogP contribution in [0.4, 0.5) is 0 Å². The molecular formula is C10H21N5S. The highest BCUT2D eigenvalue weighted by Crippen LogP contribution is 2.08. The maximum Gasteiger partial charge on any atom is 0.167 e. The van der Waals surface area contributed by atoms with Crippen LogP contribution in [0.15, 0.2) is 0 Å². The van der Waals surface area contributed by atoms with Crippen LogP contribution >= 0.6 is 11.8 Å². The Kier molecular flexibility index (Phi) is 6.40. The minimum Gasteiger partial charge on any atom is -0.322 e. The van der Waals surface area contributed by atoms with E-state index in [9.17, 15) is 0 Å². The first-order valence-electron chi connectivity index (χ1n) is 5.76. The maximum atomic E-state index is 5.76. The van der Waals surface area contributed by atoms with Crippen LogP contribution in [0.2, 0.25) is 0 Å². The Bertz CT molecular complexity index is 286. The highest BCUT2D eigenvalue weighted by molar-refractivity contribution is 7.98. The summed E-state index contributed by atoms with van der Waals surface area (Å²) in [4.78, 5) is 0. The van der Waals surface area contributed by atoms with Crippen molar-refractivity contribution >= 4 is 11.8 Å². The molecule has 2 N–H and O–H groups in total. The fourth-order valence-corrected chi connectivity index (χ4v) is 2.05. The number of rotatable bonds is 8. The van der Waals surface area contributed by atoms with Crippen molar-refractivity contribution in [2.24, 2.45) is 5.73 Å². The molecule has 0 fully saturated rings. The molecule has 6 heteroatoms. The third kappa shape index (κ3) is 4.49. The first kappa shape index (κ1) is 13.4. The molecule has 1 aromatic rings. The number of thioether (sulfide) groups is 1. The number of nitrogens with two attached hydrogens (primary N) is 1. The lowest BCUT2D eigenvalue weighted by Crippen LogP contribution is -2.14. The summed E-state index contributed by atoms with van der Waals surface area (Å²) in [5.74, 6) is 2.04. The molecule has 0 saturated heterocycles. The zero-order valence-electron chi connectivity index (χ0n) is 10.1. The van der Waals surface area contributed by atoms with Crippen LogP contribution in [-0.2, 0) is 6.54 Å². The molecule has 1 atom stereocenters. The van der Waals surface area contributed by atoms with Crippen LogP contribution < -0.4 is 5.73 Å². The summed E-state index contributed by atoms with van der Waals surface area (Å²) in [6, 6.07) is -0.0912. The van der Waals surface area contributed by atoms with Crippen molar-refractivity contribution < 1.29 is 0 Å². The lowest BCUT2D eigenvalue weighted by Gasteiger charge is -2.06. The number of aromatic nitrogens is 4. The van der Waals surface area contributed by atoms with E-state index < -0.39 is 0 Å². The number of aryl methyl sites for hydroxylation is 1. The second kappa shape index (κ2) is 7.62. The minimum atomic E-state index is -0.0912. The second-order valence-corrected chi connectivity index (χ2v) is 4.94. The molecule has 0 spiro atoms. The van der Waals surface area contributed by atoms with Gasteiger partial charge in [0.2, 0.25) is 0 Å². The van der Waals surface area contributed by atoms with Crippen molar-refractivity contribution in [3.05, 3.63) is 5.82 Å².